The van der Waals surface area contributed by atoms with Crippen LogP contribution in [0.15, 0.2) is 46.9 Å². The number of hydrogen-bond donors (Lipinski definition) is 1. The van der Waals surface area contributed by atoms with Crippen LogP contribution in [0.2, 0.25) is 0 Å². The molecular weight excluding hydrogens is 430 g/mol. The number of carboxylic acids is 1. The van der Waals surface area contributed by atoms with Crippen molar-refractivity contribution in [1.82, 2.24) is 9.88 Å². The number of rotatable bonds is 7. The first-order valence-electron chi connectivity index (χ1n) is 10.8. The molecule has 1 aliphatic heterocycles. The van der Waals surface area contributed by atoms with E-state index in [4.69, 9.17) is 14.3 Å². The molecule has 0 amide bonds. The van der Waals surface area contributed by atoms with Gasteiger partial charge in [0.15, 0.2) is 6.61 Å². The summed E-state index contributed by atoms with van der Waals surface area (Å²) in [5.41, 5.74) is 3.78. The lowest BCUT2D eigenvalue weighted by atomic mass is 10.0. The number of carboxylic acid groups (broad SMARTS) is 1. The molecule has 0 aliphatic carbocycles. The van der Waals surface area contributed by atoms with E-state index in [9.17, 15) is 13.6 Å². The Hall–Kier alpha value is -3.26. The Morgan fingerprint density at radius 1 is 1.15 bits per heavy atom. The number of aryl methyl sites for hydroxylation is 1. The lowest BCUT2D eigenvalue weighted by molar-refractivity contribution is -0.139. The zero-order valence-electron chi connectivity index (χ0n) is 18.6. The molecule has 0 saturated heterocycles. The minimum Gasteiger partial charge on any atom is -0.482 e. The van der Waals surface area contributed by atoms with E-state index in [1.54, 1.807) is 12.1 Å². The van der Waals surface area contributed by atoms with Gasteiger partial charge in [0.05, 0.1) is 12.2 Å². The second-order valence-electron chi connectivity index (χ2n) is 8.38. The second-order valence-corrected chi connectivity index (χ2v) is 8.38. The number of aromatic nitrogens is 1. The molecule has 6 nitrogen and oxygen atoms in total. The number of nitrogens with zero attached hydrogens (tertiary/aromatic N) is 2. The lowest BCUT2D eigenvalue weighted by Gasteiger charge is -2.18. The normalized spacial score (nSPS) is 14.5. The van der Waals surface area contributed by atoms with E-state index < -0.39 is 11.9 Å². The van der Waals surface area contributed by atoms with E-state index in [1.165, 1.54) is 17.7 Å². The standard InChI is InChI=1S/C25H26F2N2O4/c1-16-22(33-24(28-16)18-3-6-20(7-4-18)25(2,26)27)14-29-11-9-17-5-8-21(32-15-23(30)31)13-19(17)10-12-29/h3-8,13H,9-12,14-15H2,1-2H3,(H,30,31). The molecule has 8 heteroatoms. The number of fused-ring (bicyclic) bond motifs is 1. The van der Waals surface area contributed by atoms with Crippen LogP contribution in [-0.2, 0) is 30.1 Å². The van der Waals surface area contributed by atoms with Crippen LogP contribution in [0.4, 0.5) is 8.78 Å². The van der Waals surface area contributed by atoms with Crippen LogP contribution in [0.25, 0.3) is 11.5 Å². The molecule has 0 atom stereocenters. The van der Waals surface area contributed by atoms with E-state index in [0.29, 0.717) is 23.7 Å². The summed E-state index contributed by atoms with van der Waals surface area (Å²) in [6, 6.07) is 11.7. The molecule has 0 unspecified atom stereocenters. The first kappa shape index (κ1) is 22.9. The molecule has 174 valence electrons. The number of alkyl halides is 2. The molecular formula is C25H26F2N2O4. The van der Waals surface area contributed by atoms with E-state index in [0.717, 1.165) is 49.9 Å². The largest absolute Gasteiger partial charge is 0.482 e. The topological polar surface area (TPSA) is 75.8 Å². The molecule has 0 bridgehead atoms. The Morgan fingerprint density at radius 2 is 1.85 bits per heavy atom. The lowest BCUT2D eigenvalue weighted by Crippen LogP contribution is -2.26. The molecule has 1 aromatic heterocycles. The molecule has 0 spiro atoms. The molecule has 2 aromatic carbocycles. The van der Waals surface area contributed by atoms with Crippen molar-refractivity contribution >= 4 is 5.97 Å². The van der Waals surface area contributed by atoms with Crippen molar-refractivity contribution in [3.8, 4) is 17.2 Å². The van der Waals surface area contributed by atoms with Gasteiger partial charge in [-0.25, -0.2) is 18.6 Å². The Kier molecular flexibility index (Phi) is 6.47. The zero-order valence-corrected chi connectivity index (χ0v) is 18.6. The molecule has 3 aromatic rings. The third-order valence-electron chi connectivity index (χ3n) is 5.83. The summed E-state index contributed by atoms with van der Waals surface area (Å²) < 4.78 is 38.2. The third kappa shape index (κ3) is 5.57. The third-order valence-corrected chi connectivity index (χ3v) is 5.83. The SMILES string of the molecule is Cc1nc(-c2ccc(C(C)(F)F)cc2)oc1CN1CCc2ccc(OCC(=O)O)cc2CC1. The van der Waals surface area contributed by atoms with Crippen LogP contribution < -0.4 is 4.74 Å². The Bertz CT molecular complexity index is 1140. The summed E-state index contributed by atoms with van der Waals surface area (Å²) in [5.74, 6) is -2.15. The van der Waals surface area contributed by atoms with Gasteiger partial charge in [-0.1, -0.05) is 18.2 Å². The van der Waals surface area contributed by atoms with Gasteiger partial charge in [-0.15, -0.1) is 0 Å². The molecule has 1 N–H and O–H groups in total. The first-order chi connectivity index (χ1) is 15.7. The van der Waals surface area contributed by atoms with Crippen molar-refractivity contribution in [2.75, 3.05) is 19.7 Å². The van der Waals surface area contributed by atoms with Gasteiger partial charge in [-0.05, 0) is 55.2 Å². The summed E-state index contributed by atoms with van der Waals surface area (Å²) >= 11 is 0. The molecule has 2 heterocycles. The van der Waals surface area contributed by atoms with E-state index in [-0.39, 0.29) is 12.2 Å². The van der Waals surface area contributed by atoms with Crippen LogP contribution in [0, 0.1) is 6.92 Å². The Morgan fingerprint density at radius 3 is 2.52 bits per heavy atom. The highest BCUT2D eigenvalue weighted by molar-refractivity contribution is 5.68. The number of carbonyl (C=O) groups is 1. The number of ether oxygens (including phenoxy) is 1. The van der Waals surface area contributed by atoms with Gasteiger partial charge in [0, 0.05) is 31.1 Å². The fraction of sp³-hybridized carbons (Fsp3) is 0.360. The zero-order chi connectivity index (χ0) is 23.6. The van der Waals surface area contributed by atoms with Crippen molar-refractivity contribution in [3.05, 3.63) is 70.6 Å². The maximum absolute atomic E-state index is 13.5. The van der Waals surface area contributed by atoms with Gasteiger partial charge < -0.3 is 14.3 Å². The molecule has 4 rings (SSSR count). The molecule has 33 heavy (non-hydrogen) atoms. The highest BCUT2D eigenvalue weighted by Gasteiger charge is 2.24. The number of hydrogen-bond acceptors (Lipinski definition) is 5. The molecule has 1 aliphatic rings. The monoisotopic (exact) mass is 456 g/mol. The van der Waals surface area contributed by atoms with Gasteiger partial charge in [0.25, 0.3) is 5.92 Å². The molecule has 0 fully saturated rings. The van der Waals surface area contributed by atoms with Crippen LogP contribution >= 0.6 is 0 Å². The van der Waals surface area contributed by atoms with Crippen molar-refractivity contribution < 1.29 is 27.8 Å². The van der Waals surface area contributed by atoms with E-state index in [1.807, 2.05) is 25.1 Å². The summed E-state index contributed by atoms with van der Waals surface area (Å²) in [5, 5.41) is 8.80. The van der Waals surface area contributed by atoms with Crippen molar-refractivity contribution in [1.29, 1.82) is 0 Å². The maximum Gasteiger partial charge on any atom is 0.341 e. The van der Waals surface area contributed by atoms with Crippen LogP contribution in [0.1, 0.15) is 35.1 Å². The van der Waals surface area contributed by atoms with E-state index >= 15 is 0 Å². The summed E-state index contributed by atoms with van der Waals surface area (Å²) in [4.78, 5) is 17.5. The minimum atomic E-state index is -2.89. The number of halogens is 2. The molecule has 0 saturated carbocycles. The predicted molar refractivity (Wildman–Crippen MR) is 119 cm³/mol. The van der Waals surface area contributed by atoms with Crippen LogP contribution in [-0.4, -0.2) is 40.7 Å². The quantitative estimate of drug-likeness (QED) is 0.549. The highest BCUT2D eigenvalue weighted by atomic mass is 19.3. The summed E-state index contributed by atoms with van der Waals surface area (Å²) in [6.07, 6.45) is 1.67. The Balaban J connectivity index is 1.42. The van der Waals surface area contributed by atoms with Gasteiger partial charge >= 0.3 is 5.97 Å². The number of aliphatic carboxylic acids is 1. The average Bonchev–Trinajstić information content (AvgIpc) is 3.01. The van der Waals surface area contributed by atoms with E-state index in [2.05, 4.69) is 9.88 Å². The smallest absolute Gasteiger partial charge is 0.341 e. The predicted octanol–water partition coefficient (Wildman–Crippen LogP) is 4.83. The summed E-state index contributed by atoms with van der Waals surface area (Å²) in [7, 11) is 0. The average molecular weight is 456 g/mol. The molecule has 0 radical (unpaired) electrons. The van der Waals surface area contributed by atoms with Crippen molar-refractivity contribution in [2.45, 2.75) is 39.2 Å². The van der Waals surface area contributed by atoms with Gasteiger partial charge in [0.2, 0.25) is 5.89 Å². The van der Waals surface area contributed by atoms with Crippen molar-refractivity contribution in [2.24, 2.45) is 0 Å². The summed E-state index contributed by atoms with van der Waals surface area (Å²) in [6.45, 7) is 4.65. The van der Waals surface area contributed by atoms with Crippen LogP contribution in [0.5, 0.6) is 5.75 Å². The Labute approximate surface area is 190 Å². The maximum atomic E-state index is 13.5. The number of benzene rings is 2. The second kappa shape index (κ2) is 9.31. The fourth-order valence-corrected chi connectivity index (χ4v) is 3.95. The fourth-order valence-electron chi connectivity index (χ4n) is 3.95. The van der Waals surface area contributed by atoms with Crippen LogP contribution in [0.3, 0.4) is 0 Å². The van der Waals surface area contributed by atoms with Crippen molar-refractivity contribution in [3.63, 3.8) is 0 Å². The van der Waals surface area contributed by atoms with Gasteiger partial charge in [-0.3, -0.25) is 4.90 Å². The van der Waals surface area contributed by atoms with Gasteiger partial charge in [-0.2, -0.15) is 0 Å². The van der Waals surface area contributed by atoms with Gasteiger partial charge in [0.1, 0.15) is 11.5 Å². The highest BCUT2D eigenvalue weighted by Crippen LogP contribution is 2.30. The minimum absolute atomic E-state index is 0.0459. The number of oxazole rings is 1. The first-order valence-corrected chi connectivity index (χ1v) is 10.8.